The van der Waals surface area contributed by atoms with Crippen LogP contribution in [0.15, 0.2) is 63.1 Å². The number of carbonyl (C=O) groups is 1. The van der Waals surface area contributed by atoms with Crippen molar-refractivity contribution in [2.45, 2.75) is 43.8 Å². The predicted octanol–water partition coefficient (Wildman–Crippen LogP) is 5.06. The number of thiophene rings is 1. The minimum absolute atomic E-state index is 0.0375. The van der Waals surface area contributed by atoms with Gasteiger partial charge in [-0.05, 0) is 55.5 Å². The van der Waals surface area contributed by atoms with Crippen molar-refractivity contribution in [3.63, 3.8) is 0 Å². The van der Waals surface area contributed by atoms with Crippen LogP contribution in [-0.2, 0) is 24.2 Å². The summed E-state index contributed by atoms with van der Waals surface area (Å²) in [4.78, 5) is 35.2. The lowest BCUT2D eigenvalue weighted by Gasteiger charge is -2.16. The Balaban J connectivity index is 1.50. The van der Waals surface area contributed by atoms with Crippen molar-refractivity contribution in [2.75, 3.05) is 12.8 Å². The Hall–Kier alpha value is -2.84. The van der Waals surface area contributed by atoms with Gasteiger partial charge in [-0.3, -0.25) is 14.2 Å². The fourth-order valence-corrected chi connectivity index (χ4v) is 6.48. The van der Waals surface area contributed by atoms with E-state index in [1.54, 1.807) is 34.1 Å². The average molecular weight is 480 g/mol. The zero-order chi connectivity index (χ0) is 22.8. The fraction of sp³-hybridized carbons (Fsp3) is 0.320. The van der Waals surface area contributed by atoms with Gasteiger partial charge in [0.1, 0.15) is 10.6 Å². The number of carbonyl (C=O) groups excluding carboxylic acids is 1. The van der Waals surface area contributed by atoms with Crippen molar-refractivity contribution < 1.29 is 9.21 Å². The monoisotopic (exact) mass is 479 g/mol. The van der Waals surface area contributed by atoms with E-state index in [0.717, 1.165) is 47.3 Å². The zero-order valence-electron chi connectivity index (χ0n) is 18.5. The lowest BCUT2D eigenvalue weighted by Crippen LogP contribution is -2.28. The van der Waals surface area contributed by atoms with Crippen LogP contribution in [0.5, 0.6) is 0 Å². The molecule has 6 nitrogen and oxygen atoms in total. The maximum atomic E-state index is 13.8. The van der Waals surface area contributed by atoms with Gasteiger partial charge in [-0.15, -0.1) is 11.3 Å². The summed E-state index contributed by atoms with van der Waals surface area (Å²) >= 11 is 2.95. The summed E-state index contributed by atoms with van der Waals surface area (Å²) < 4.78 is 7.02. The molecule has 1 aliphatic carbocycles. The molecule has 0 atom stereocenters. The molecule has 0 N–H and O–H groups in total. The number of benzene rings is 1. The van der Waals surface area contributed by atoms with E-state index in [2.05, 4.69) is 0 Å². The quantitative estimate of drug-likeness (QED) is 0.220. The van der Waals surface area contributed by atoms with Gasteiger partial charge in [-0.25, -0.2) is 4.98 Å². The highest BCUT2D eigenvalue weighted by atomic mass is 32.2. The number of amides is 1. The third kappa shape index (κ3) is 4.50. The Kier molecular flexibility index (Phi) is 6.37. The van der Waals surface area contributed by atoms with E-state index in [4.69, 9.17) is 9.40 Å². The average Bonchev–Trinajstić information content (AvgIpc) is 3.39. The van der Waals surface area contributed by atoms with E-state index in [1.807, 2.05) is 42.5 Å². The van der Waals surface area contributed by atoms with Crippen molar-refractivity contribution in [2.24, 2.45) is 0 Å². The number of para-hydroxylation sites is 1. The summed E-state index contributed by atoms with van der Waals surface area (Å²) in [5.41, 5.74) is 1.91. The van der Waals surface area contributed by atoms with Gasteiger partial charge >= 0.3 is 0 Å². The number of aryl methyl sites for hydroxylation is 2. The normalized spacial score (nSPS) is 13.6. The van der Waals surface area contributed by atoms with Crippen LogP contribution in [0.1, 0.15) is 35.5 Å². The van der Waals surface area contributed by atoms with Crippen LogP contribution in [0.4, 0.5) is 0 Å². The first-order valence-corrected chi connectivity index (χ1v) is 12.9. The van der Waals surface area contributed by atoms with Gasteiger partial charge in [0.2, 0.25) is 5.91 Å². The fourth-order valence-electron chi connectivity index (χ4n) is 4.23. The van der Waals surface area contributed by atoms with E-state index in [0.29, 0.717) is 11.7 Å². The molecule has 0 saturated heterocycles. The second-order valence-corrected chi connectivity index (χ2v) is 10.3. The molecule has 3 heterocycles. The molecule has 0 bridgehead atoms. The van der Waals surface area contributed by atoms with E-state index < -0.39 is 0 Å². The number of hydrogen-bond donors (Lipinski definition) is 0. The summed E-state index contributed by atoms with van der Waals surface area (Å²) in [5.74, 6) is 0.872. The van der Waals surface area contributed by atoms with Crippen LogP contribution in [0.25, 0.3) is 15.9 Å². The van der Waals surface area contributed by atoms with Gasteiger partial charge in [-0.2, -0.15) is 0 Å². The van der Waals surface area contributed by atoms with Gasteiger partial charge in [0.15, 0.2) is 5.16 Å². The molecule has 5 rings (SSSR count). The second kappa shape index (κ2) is 9.57. The maximum Gasteiger partial charge on any atom is 0.267 e. The number of nitrogens with zero attached hydrogens (tertiary/aromatic N) is 3. The molecule has 0 spiro atoms. The maximum absolute atomic E-state index is 13.8. The van der Waals surface area contributed by atoms with Gasteiger partial charge in [0.05, 0.1) is 29.6 Å². The third-order valence-electron chi connectivity index (χ3n) is 5.95. The first kappa shape index (κ1) is 22.0. The van der Waals surface area contributed by atoms with Crippen molar-refractivity contribution in [3.05, 3.63) is 75.3 Å². The molecular weight excluding hydrogens is 454 g/mol. The first-order chi connectivity index (χ1) is 16.1. The Labute approximate surface area is 200 Å². The van der Waals surface area contributed by atoms with Crippen molar-refractivity contribution in [1.82, 2.24) is 14.5 Å². The van der Waals surface area contributed by atoms with Gasteiger partial charge in [0.25, 0.3) is 5.56 Å². The van der Waals surface area contributed by atoms with Crippen molar-refractivity contribution in [3.8, 4) is 5.69 Å². The standard InChI is InChI=1S/C25H25N3O3S2/c1-27(15-18-11-8-14-31-18)21(29)16-32-25-26-23-22(19-12-6-3-7-13-20(19)33-23)24(30)28(25)17-9-4-2-5-10-17/h2,4-5,8-11,14H,3,6-7,12-13,15-16H2,1H3. The van der Waals surface area contributed by atoms with Crippen LogP contribution in [0.2, 0.25) is 0 Å². The van der Waals surface area contributed by atoms with Gasteiger partial charge in [0, 0.05) is 11.9 Å². The summed E-state index contributed by atoms with van der Waals surface area (Å²) in [6.07, 6.45) is 7.01. The number of furan rings is 1. The molecule has 1 aromatic carbocycles. The Morgan fingerprint density at radius 1 is 1.15 bits per heavy atom. The Morgan fingerprint density at radius 3 is 2.76 bits per heavy atom. The summed E-state index contributed by atoms with van der Waals surface area (Å²) in [7, 11) is 1.75. The lowest BCUT2D eigenvalue weighted by atomic mass is 10.1. The SMILES string of the molecule is CN(Cc1ccco1)C(=O)CSc1nc2sc3c(c2c(=O)n1-c1ccccc1)CCCCC3. The molecule has 3 aromatic heterocycles. The van der Waals surface area contributed by atoms with Crippen LogP contribution >= 0.6 is 23.1 Å². The summed E-state index contributed by atoms with van der Waals surface area (Å²) in [6, 6.07) is 13.2. The first-order valence-electron chi connectivity index (χ1n) is 11.1. The molecule has 0 radical (unpaired) electrons. The summed E-state index contributed by atoms with van der Waals surface area (Å²) in [5, 5.41) is 1.31. The highest BCUT2D eigenvalue weighted by Crippen LogP contribution is 2.34. The highest BCUT2D eigenvalue weighted by molar-refractivity contribution is 7.99. The number of thioether (sulfide) groups is 1. The molecule has 8 heteroatoms. The molecule has 0 fully saturated rings. The molecular formula is C25H25N3O3S2. The molecule has 0 saturated carbocycles. The number of fused-ring (bicyclic) bond motifs is 3. The van der Waals surface area contributed by atoms with Crippen molar-refractivity contribution >= 4 is 39.2 Å². The molecule has 4 aromatic rings. The topological polar surface area (TPSA) is 68.3 Å². The van der Waals surface area contributed by atoms with Crippen LogP contribution in [0.3, 0.4) is 0 Å². The Morgan fingerprint density at radius 2 is 1.97 bits per heavy atom. The van der Waals surface area contributed by atoms with Crippen LogP contribution in [0, 0.1) is 0 Å². The molecule has 1 amide bonds. The molecule has 0 aliphatic heterocycles. The van der Waals surface area contributed by atoms with Gasteiger partial charge < -0.3 is 9.32 Å². The van der Waals surface area contributed by atoms with E-state index in [1.165, 1.54) is 28.6 Å². The number of aromatic nitrogens is 2. The minimum Gasteiger partial charge on any atom is -0.467 e. The van der Waals surface area contributed by atoms with E-state index in [9.17, 15) is 9.59 Å². The third-order valence-corrected chi connectivity index (χ3v) is 8.06. The van der Waals surface area contributed by atoms with Crippen LogP contribution in [-0.4, -0.2) is 33.2 Å². The molecule has 170 valence electrons. The minimum atomic E-state index is -0.0488. The molecule has 1 aliphatic rings. The van der Waals surface area contributed by atoms with Gasteiger partial charge in [-0.1, -0.05) is 36.4 Å². The van der Waals surface area contributed by atoms with E-state index in [-0.39, 0.29) is 17.2 Å². The van der Waals surface area contributed by atoms with Crippen LogP contribution < -0.4 is 5.56 Å². The second-order valence-electron chi connectivity index (χ2n) is 8.23. The molecule has 0 unspecified atom stereocenters. The Bertz CT molecular complexity index is 1330. The zero-order valence-corrected chi connectivity index (χ0v) is 20.1. The van der Waals surface area contributed by atoms with E-state index >= 15 is 0 Å². The lowest BCUT2D eigenvalue weighted by molar-refractivity contribution is -0.127. The molecule has 33 heavy (non-hydrogen) atoms. The smallest absolute Gasteiger partial charge is 0.267 e. The number of hydrogen-bond acceptors (Lipinski definition) is 6. The largest absolute Gasteiger partial charge is 0.467 e. The predicted molar refractivity (Wildman–Crippen MR) is 132 cm³/mol. The summed E-state index contributed by atoms with van der Waals surface area (Å²) in [6.45, 7) is 0.405. The number of rotatable bonds is 6. The highest BCUT2D eigenvalue weighted by Gasteiger charge is 2.23. The van der Waals surface area contributed by atoms with Crippen molar-refractivity contribution in [1.29, 1.82) is 0 Å².